The number of esters is 1. The Balaban J connectivity index is 0.889. The third-order valence-electron chi connectivity index (χ3n) is 21.4. The van der Waals surface area contributed by atoms with E-state index >= 15 is 0 Å². The van der Waals surface area contributed by atoms with Crippen LogP contribution in [0.2, 0.25) is 0 Å². The first-order valence-corrected chi connectivity index (χ1v) is 39.1. The van der Waals surface area contributed by atoms with Crippen LogP contribution in [-0.2, 0) is 146 Å². The number of carbonyl (C=O) groups excluding carboxylic acids is 2. The van der Waals surface area contributed by atoms with Gasteiger partial charge in [-0.05, 0) is 80.5 Å². The monoisotopic (exact) mass is 1530 g/mol. The maximum atomic E-state index is 14.0. The molecule has 0 saturated carbocycles. The predicted molar refractivity (Wildman–Crippen MR) is 408 cm³/mol. The molecule has 7 aromatic carbocycles. The molecule has 7 aromatic rings. The highest BCUT2D eigenvalue weighted by Crippen LogP contribution is 2.44. The molecule has 6 heterocycles. The number of ether oxygens (including phenoxy) is 19. The maximum absolute atomic E-state index is 14.0. The Bertz CT molecular complexity index is 3920. The second kappa shape index (κ2) is 39.2. The number of nitrogens with one attached hydrogen (secondary N) is 1. The summed E-state index contributed by atoms with van der Waals surface area (Å²) in [5.74, 6) is -3.24. The number of amides is 1. The number of carbonyl (C=O) groups is 2. The summed E-state index contributed by atoms with van der Waals surface area (Å²) in [4.78, 5) is 27.3. The summed E-state index contributed by atoms with van der Waals surface area (Å²) in [7, 11) is 0. The largest absolute Gasteiger partial charge is 0.454 e. The fourth-order valence-corrected chi connectivity index (χ4v) is 15.7. The van der Waals surface area contributed by atoms with Crippen LogP contribution >= 0.6 is 0 Å². The average molecular weight is 1530 g/mol. The van der Waals surface area contributed by atoms with Crippen molar-refractivity contribution in [2.75, 3.05) is 13.2 Å². The van der Waals surface area contributed by atoms with Crippen LogP contribution in [0.1, 0.15) is 108 Å². The molecule has 6 saturated heterocycles. The summed E-state index contributed by atoms with van der Waals surface area (Å²) in [6, 6.07) is 68.8. The van der Waals surface area contributed by atoms with E-state index in [2.05, 4.69) is 12.2 Å². The Morgan fingerprint density at radius 1 is 0.369 bits per heavy atom. The van der Waals surface area contributed by atoms with E-state index in [-0.39, 0.29) is 58.8 Å². The van der Waals surface area contributed by atoms with Crippen LogP contribution in [0.25, 0.3) is 0 Å². The van der Waals surface area contributed by atoms with Gasteiger partial charge in [0.2, 0.25) is 5.91 Å². The highest BCUT2D eigenvalue weighted by Gasteiger charge is 2.60. The number of rotatable bonds is 32. The highest BCUT2D eigenvalue weighted by atomic mass is 16.8. The number of hydrogen-bond acceptors (Lipinski definition) is 21. The van der Waals surface area contributed by atoms with Crippen LogP contribution in [0.4, 0.5) is 0 Å². The highest BCUT2D eigenvalue weighted by molar-refractivity contribution is 5.73. The molecule has 1 N–H and O–H groups in total. The van der Waals surface area contributed by atoms with E-state index in [9.17, 15) is 9.59 Å². The van der Waals surface area contributed by atoms with Crippen LogP contribution in [0.5, 0.6) is 0 Å². The zero-order valence-corrected chi connectivity index (χ0v) is 65.1. The van der Waals surface area contributed by atoms with E-state index in [1.54, 1.807) is 13.8 Å². The van der Waals surface area contributed by atoms with Gasteiger partial charge in [-0.1, -0.05) is 226 Å². The van der Waals surface area contributed by atoms with Gasteiger partial charge in [0.15, 0.2) is 37.1 Å². The molecule has 0 aromatic heterocycles. The Kier molecular flexibility index (Phi) is 28.9. The Labute approximate surface area is 652 Å². The molecule has 6 fully saturated rings. The lowest BCUT2D eigenvalue weighted by Crippen LogP contribution is -2.70. The summed E-state index contributed by atoms with van der Waals surface area (Å²) in [6.07, 6.45) is -20.5. The first kappa shape index (κ1) is 81.8. The summed E-state index contributed by atoms with van der Waals surface area (Å²) < 4.78 is 134. The minimum absolute atomic E-state index is 0.0957. The normalized spacial score (nSPS) is 33.4. The quantitative estimate of drug-likeness (QED) is 0.0387. The van der Waals surface area contributed by atoms with Gasteiger partial charge < -0.3 is 95.3 Å². The van der Waals surface area contributed by atoms with Gasteiger partial charge in [-0.3, -0.25) is 9.59 Å². The van der Waals surface area contributed by atoms with Crippen LogP contribution in [-0.4, -0.2) is 172 Å². The van der Waals surface area contributed by atoms with E-state index in [4.69, 9.17) is 90.0 Å². The molecule has 0 radical (unpaired) electrons. The number of fused-ring (bicyclic) bond motifs is 1. The number of hydrogen-bond donors (Lipinski definition) is 1. The van der Waals surface area contributed by atoms with Crippen LogP contribution in [0.15, 0.2) is 212 Å². The second-order valence-corrected chi connectivity index (χ2v) is 30.3. The first-order chi connectivity index (χ1) is 53.9. The summed E-state index contributed by atoms with van der Waals surface area (Å²) in [5, 5.41) is 3.07. The van der Waals surface area contributed by atoms with Gasteiger partial charge in [0.05, 0.1) is 102 Å². The van der Waals surface area contributed by atoms with Crippen molar-refractivity contribution in [2.45, 2.75) is 262 Å². The first-order valence-electron chi connectivity index (χ1n) is 39.1. The van der Waals surface area contributed by atoms with Crippen molar-refractivity contribution in [3.8, 4) is 0 Å². The minimum Gasteiger partial charge on any atom is -0.454 e. The molecule has 111 heavy (non-hydrogen) atoms. The van der Waals surface area contributed by atoms with Gasteiger partial charge in [-0.2, -0.15) is 0 Å². The molecular weight excluding hydrogens is 1420 g/mol. The summed E-state index contributed by atoms with van der Waals surface area (Å²) in [6.45, 7) is 19.8. The van der Waals surface area contributed by atoms with Crippen LogP contribution in [0.3, 0.4) is 0 Å². The van der Waals surface area contributed by atoms with E-state index in [1.807, 2.05) is 247 Å². The summed E-state index contributed by atoms with van der Waals surface area (Å²) in [5.41, 5.74) is 6.57. The molecule has 0 aliphatic carbocycles. The Morgan fingerprint density at radius 3 is 1.17 bits per heavy atom. The van der Waals surface area contributed by atoms with Crippen molar-refractivity contribution in [3.63, 3.8) is 0 Å². The van der Waals surface area contributed by atoms with Gasteiger partial charge in [0.1, 0.15) is 67.1 Å². The SMILES string of the molecule is CC(=O)NC1[C@H](C)OC2COC(C)(C)O[C@H]2[C@@H]1O[C@@H]1OC(C)[C@H](OCc2ccccc2)[C@H](O[C@@H]2OC(C)[C@H](OCc3ccccc3)[C@H](OCc3ccccc3)C2O[C@@H]2OC(C)[C@H](OCc3ccccc3)[C@H](O[C@H]3O[C@@H](COCc4ccccc4)[C@@H](OCc4ccccc4)C(OCc4ccccc4)C3C)C2C)C1OC(C)=O. The molecule has 0 bridgehead atoms. The molecule has 0 spiro atoms. The molecule has 1 amide bonds. The average Bonchev–Trinajstić information content (AvgIpc) is 0.767. The topological polar surface area (TPSA) is 222 Å². The fraction of sp³-hybridized carbons (Fsp3) is 0.506. The predicted octanol–water partition coefficient (Wildman–Crippen LogP) is 12.9. The molecule has 6 aliphatic rings. The zero-order valence-electron chi connectivity index (χ0n) is 65.1. The third-order valence-corrected chi connectivity index (χ3v) is 21.4. The van der Waals surface area contributed by atoms with Crippen LogP contribution < -0.4 is 5.32 Å². The lowest BCUT2D eigenvalue weighted by atomic mass is 9.89. The van der Waals surface area contributed by atoms with Crippen LogP contribution in [0, 0.1) is 11.8 Å². The maximum Gasteiger partial charge on any atom is 0.303 e. The van der Waals surface area contributed by atoms with Crippen molar-refractivity contribution in [2.24, 2.45) is 11.8 Å². The third kappa shape index (κ3) is 21.6. The van der Waals surface area contributed by atoms with Gasteiger partial charge in [-0.15, -0.1) is 0 Å². The second-order valence-electron chi connectivity index (χ2n) is 30.3. The van der Waals surface area contributed by atoms with Crippen molar-refractivity contribution < 1.29 is 99.6 Å². The Hall–Kier alpha value is -7.24. The lowest BCUT2D eigenvalue weighted by Gasteiger charge is -2.53. The van der Waals surface area contributed by atoms with Crippen molar-refractivity contribution in [1.29, 1.82) is 0 Å². The van der Waals surface area contributed by atoms with Crippen molar-refractivity contribution in [3.05, 3.63) is 251 Å². The minimum atomic E-state index is -1.41. The molecular formula is C89H109NO21. The van der Waals surface area contributed by atoms with Gasteiger partial charge in [-0.25, -0.2) is 0 Å². The smallest absolute Gasteiger partial charge is 0.303 e. The molecule has 10 unspecified atom stereocenters. The molecule has 6 aliphatic heterocycles. The molecule has 22 nitrogen and oxygen atoms in total. The number of benzene rings is 7. The lowest BCUT2D eigenvalue weighted by molar-refractivity contribution is -0.402. The molecule has 13 rings (SSSR count). The van der Waals surface area contributed by atoms with E-state index in [1.165, 1.54) is 13.8 Å². The van der Waals surface area contributed by atoms with E-state index in [0.717, 1.165) is 38.9 Å². The fourth-order valence-electron chi connectivity index (χ4n) is 15.7. The molecule has 22 heteroatoms. The van der Waals surface area contributed by atoms with Gasteiger partial charge in [0, 0.05) is 25.7 Å². The van der Waals surface area contributed by atoms with Crippen molar-refractivity contribution in [1.82, 2.24) is 5.32 Å². The zero-order chi connectivity index (χ0) is 77.4. The van der Waals surface area contributed by atoms with Crippen molar-refractivity contribution >= 4 is 11.9 Å². The Morgan fingerprint density at radius 2 is 0.721 bits per heavy atom. The van der Waals surface area contributed by atoms with Gasteiger partial charge >= 0.3 is 5.97 Å². The van der Waals surface area contributed by atoms with E-state index in [0.29, 0.717) is 6.61 Å². The van der Waals surface area contributed by atoms with E-state index < -0.39 is 165 Å². The standard InChI is InChI=1S/C89H109NO21/c1-55-73(94-47-64-34-20-12-21-35-64)78(98-51-68-42-28-16-29-43-68)70(53-93-46-63-32-18-11-19-33-63)106-86(55)107-74-56(2)85(102-58(4)75(74)95-48-65-36-22-13-23-37-65)110-83-81(99-52-69-44-30-17-31-45-69)76(96-49-66-38-24-14-25-39-66)59(5)103-87(83)109-82-77(97-50-67-40-26-15-27-41-67)60(6)104-88(84(82)105-62(8)92)108-80-72(90-61(7)91)57(3)101-71-54-100-89(9,10)111-79(71)80/h11-45,55-60,70-88H,46-54H2,1-10H3,(H,90,91)/t55?,56?,57-,58?,59?,60?,70-,71?,72?,73?,74+,75-,76-,77-,78+,79+,80+,81-,82-,83?,84?,85-,86+,87-,88-/m0/s1. The van der Waals surface area contributed by atoms with Gasteiger partial charge in [0.25, 0.3) is 0 Å². The summed E-state index contributed by atoms with van der Waals surface area (Å²) >= 11 is 0. The molecule has 25 atom stereocenters. The molecule has 596 valence electrons.